The molecule has 5 heteroatoms. The normalized spacial score (nSPS) is 10.2. The van der Waals surface area contributed by atoms with E-state index < -0.39 is 0 Å². The first-order chi connectivity index (χ1) is 8.16. The molecule has 0 unspecified atom stereocenters. The number of nitrogens with zero attached hydrogens (tertiary/aromatic N) is 2. The van der Waals surface area contributed by atoms with Crippen LogP contribution in [0.25, 0.3) is 0 Å². The van der Waals surface area contributed by atoms with Crippen LogP contribution in [-0.4, -0.2) is 15.8 Å². The molecule has 1 heterocycles. The van der Waals surface area contributed by atoms with Crippen LogP contribution in [0.5, 0.6) is 0 Å². The summed E-state index contributed by atoms with van der Waals surface area (Å²) in [6.45, 7) is 1.50. The predicted octanol–water partition coefficient (Wildman–Crippen LogP) is 2.41. The molecule has 2 aromatic rings. The van der Waals surface area contributed by atoms with Gasteiger partial charge in [0.15, 0.2) is 5.78 Å². The Balaban J connectivity index is 2.24. The summed E-state index contributed by atoms with van der Waals surface area (Å²) in [6, 6.07) is 7.20. The maximum Gasteiger partial charge on any atom is 0.161 e. The van der Waals surface area contributed by atoms with E-state index in [4.69, 9.17) is 5.73 Å². The highest BCUT2D eigenvalue weighted by molar-refractivity contribution is 7.99. The van der Waals surface area contributed by atoms with E-state index in [0.717, 1.165) is 9.92 Å². The second-order valence-electron chi connectivity index (χ2n) is 3.45. The summed E-state index contributed by atoms with van der Waals surface area (Å²) in [6.07, 6.45) is 3.18. The highest BCUT2D eigenvalue weighted by Crippen LogP contribution is 2.28. The van der Waals surface area contributed by atoms with E-state index in [9.17, 15) is 4.79 Å². The molecule has 0 saturated carbocycles. The van der Waals surface area contributed by atoms with E-state index in [1.807, 2.05) is 12.1 Å². The summed E-state index contributed by atoms with van der Waals surface area (Å²) in [5, 5.41) is 0.843. The molecule has 2 rings (SSSR count). The van der Waals surface area contributed by atoms with Crippen LogP contribution in [0.2, 0.25) is 0 Å². The minimum atomic E-state index is -0.0268. The van der Waals surface area contributed by atoms with Gasteiger partial charge in [0, 0.05) is 22.3 Å². The third-order valence-electron chi connectivity index (χ3n) is 2.18. The lowest BCUT2D eigenvalue weighted by molar-refractivity contribution is 0.101. The van der Waals surface area contributed by atoms with Gasteiger partial charge in [-0.25, -0.2) is 9.97 Å². The van der Waals surface area contributed by atoms with Gasteiger partial charge in [-0.3, -0.25) is 4.79 Å². The third-order valence-corrected chi connectivity index (χ3v) is 3.12. The molecular formula is C12H11N3OS. The van der Waals surface area contributed by atoms with Crippen LogP contribution in [0, 0.1) is 0 Å². The van der Waals surface area contributed by atoms with Gasteiger partial charge in [-0.05, 0) is 31.2 Å². The molecule has 4 nitrogen and oxygen atoms in total. The van der Waals surface area contributed by atoms with Crippen molar-refractivity contribution < 1.29 is 4.79 Å². The summed E-state index contributed by atoms with van der Waals surface area (Å²) >= 11 is 1.48. The summed E-state index contributed by atoms with van der Waals surface area (Å²) in [5.74, 6) is -0.0268. The lowest BCUT2D eigenvalue weighted by atomic mass is 10.1. The fourth-order valence-electron chi connectivity index (χ4n) is 1.38. The molecular weight excluding hydrogens is 234 g/mol. The minimum absolute atomic E-state index is 0.0268. The van der Waals surface area contributed by atoms with E-state index in [1.165, 1.54) is 25.0 Å². The number of hydrogen-bond donors (Lipinski definition) is 1. The first kappa shape index (κ1) is 11.6. The van der Waals surface area contributed by atoms with E-state index >= 15 is 0 Å². The number of rotatable bonds is 3. The van der Waals surface area contributed by atoms with Gasteiger partial charge in [0.1, 0.15) is 11.4 Å². The van der Waals surface area contributed by atoms with Gasteiger partial charge in [-0.1, -0.05) is 11.8 Å². The number of nitrogen functional groups attached to an aromatic ring is 1. The standard InChI is InChI=1S/C12H11N3OS/c1-8(16)10-3-2-9(6-11(10)13)17-12-4-5-14-7-15-12/h2-7H,13H2,1H3. The number of benzene rings is 1. The first-order valence-corrected chi connectivity index (χ1v) is 5.83. The second-order valence-corrected chi connectivity index (χ2v) is 4.55. The van der Waals surface area contributed by atoms with Crippen molar-refractivity contribution >= 4 is 23.2 Å². The number of nitrogens with two attached hydrogens (primary N) is 1. The lowest BCUT2D eigenvalue weighted by Crippen LogP contribution is -1.99. The molecule has 0 radical (unpaired) electrons. The molecule has 0 aliphatic carbocycles. The fraction of sp³-hybridized carbons (Fsp3) is 0.0833. The van der Waals surface area contributed by atoms with Crippen molar-refractivity contribution in [3.8, 4) is 0 Å². The lowest BCUT2D eigenvalue weighted by Gasteiger charge is -2.05. The molecule has 86 valence electrons. The first-order valence-electron chi connectivity index (χ1n) is 5.01. The molecule has 2 N–H and O–H groups in total. The van der Waals surface area contributed by atoms with Crippen molar-refractivity contribution in [2.75, 3.05) is 5.73 Å². The predicted molar refractivity (Wildman–Crippen MR) is 67.0 cm³/mol. The third kappa shape index (κ3) is 2.82. The topological polar surface area (TPSA) is 68.9 Å². The van der Waals surface area contributed by atoms with Gasteiger partial charge < -0.3 is 5.73 Å². The Morgan fingerprint density at radius 1 is 1.35 bits per heavy atom. The van der Waals surface area contributed by atoms with Crippen molar-refractivity contribution in [2.24, 2.45) is 0 Å². The van der Waals surface area contributed by atoms with Crippen LogP contribution in [0.15, 0.2) is 46.7 Å². The Morgan fingerprint density at radius 3 is 2.76 bits per heavy atom. The van der Waals surface area contributed by atoms with Gasteiger partial charge >= 0.3 is 0 Å². The molecule has 0 fully saturated rings. The maximum absolute atomic E-state index is 11.2. The van der Waals surface area contributed by atoms with Crippen molar-refractivity contribution in [3.05, 3.63) is 42.4 Å². The van der Waals surface area contributed by atoms with E-state index in [-0.39, 0.29) is 5.78 Å². The van der Waals surface area contributed by atoms with E-state index in [2.05, 4.69) is 9.97 Å². The van der Waals surface area contributed by atoms with Crippen molar-refractivity contribution in [3.63, 3.8) is 0 Å². The van der Waals surface area contributed by atoms with Crippen LogP contribution >= 0.6 is 11.8 Å². The molecule has 17 heavy (non-hydrogen) atoms. The zero-order valence-corrected chi connectivity index (χ0v) is 10.1. The van der Waals surface area contributed by atoms with Gasteiger partial charge in [-0.15, -0.1) is 0 Å². The number of ketones is 1. The summed E-state index contributed by atoms with van der Waals surface area (Å²) in [7, 11) is 0. The molecule has 0 saturated heterocycles. The molecule has 0 atom stereocenters. The monoisotopic (exact) mass is 245 g/mol. The zero-order valence-electron chi connectivity index (χ0n) is 9.25. The van der Waals surface area contributed by atoms with E-state index in [0.29, 0.717) is 11.3 Å². The van der Waals surface area contributed by atoms with Crippen molar-refractivity contribution in [1.29, 1.82) is 0 Å². The Labute approximate surface area is 103 Å². The van der Waals surface area contributed by atoms with Crippen LogP contribution < -0.4 is 5.73 Å². The van der Waals surface area contributed by atoms with Crippen molar-refractivity contribution in [1.82, 2.24) is 9.97 Å². The van der Waals surface area contributed by atoms with Crippen LogP contribution in [0.4, 0.5) is 5.69 Å². The van der Waals surface area contributed by atoms with Gasteiger partial charge in [0.05, 0.1) is 0 Å². The van der Waals surface area contributed by atoms with Crippen LogP contribution in [-0.2, 0) is 0 Å². The molecule has 0 bridgehead atoms. The zero-order chi connectivity index (χ0) is 12.3. The number of carbonyl (C=O) groups is 1. The number of carbonyl (C=O) groups excluding carboxylic acids is 1. The summed E-state index contributed by atoms with van der Waals surface area (Å²) in [4.78, 5) is 20.1. The Morgan fingerprint density at radius 2 is 2.18 bits per heavy atom. The smallest absolute Gasteiger partial charge is 0.161 e. The van der Waals surface area contributed by atoms with E-state index in [1.54, 1.807) is 18.3 Å². The quantitative estimate of drug-likeness (QED) is 0.511. The molecule has 1 aromatic heterocycles. The second kappa shape index (κ2) is 4.97. The Kier molecular flexibility index (Phi) is 3.39. The minimum Gasteiger partial charge on any atom is -0.398 e. The Bertz CT molecular complexity index is 543. The molecule has 1 aromatic carbocycles. The average molecular weight is 245 g/mol. The summed E-state index contributed by atoms with van der Waals surface area (Å²) in [5.41, 5.74) is 6.86. The van der Waals surface area contributed by atoms with Crippen LogP contribution in [0.3, 0.4) is 0 Å². The summed E-state index contributed by atoms with van der Waals surface area (Å²) < 4.78 is 0. The van der Waals surface area contributed by atoms with Gasteiger partial charge in [0.2, 0.25) is 0 Å². The molecule has 0 aliphatic heterocycles. The maximum atomic E-state index is 11.2. The van der Waals surface area contributed by atoms with Gasteiger partial charge in [-0.2, -0.15) is 0 Å². The number of hydrogen-bond acceptors (Lipinski definition) is 5. The molecule has 0 amide bonds. The number of aromatic nitrogens is 2. The highest BCUT2D eigenvalue weighted by Gasteiger charge is 2.06. The number of Topliss-reactive ketones (excluding diaryl/α,β-unsaturated/α-hetero) is 1. The molecule has 0 aliphatic rings. The van der Waals surface area contributed by atoms with Crippen molar-refractivity contribution in [2.45, 2.75) is 16.8 Å². The fourth-order valence-corrected chi connectivity index (χ4v) is 2.18. The van der Waals surface area contributed by atoms with Gasteiger partial charge in [0.25, 0.3) is 0 Å². The molecule has 0 spiro atoms. The number of anilines is 1. The largest absolute Gasteiger partial charge is 0.398 e. The SMILES string of the molecule is CC(=O)c1ccc(Sc2ccncn2)cc1N. The Hall–Kier alpha value is -1.88. The average Bonchev–Trinajstić information content (AvgIpc) is 2.30. The highest BCUT2D eigenvalue weighted by atomic mass is 32.2. The van der Waals surface area contributed by atoms with Crippen LogP contribution in [0.1, 0.15) is 17.3 Å².